The zero-order valence-electron chi connectivity index (χ0n) is 15.3. The van der Waals surface area contributed by atoms with Gasteiger partial charge in [0.1, 0.15) is 12.4 Å². The summed E-state index contributed by atoms with van der Waals surface area (Å²) < 4.78 is 6.94. The van der Waals surface area contributed by atoms with Crippen molar-refractivity contribution < 1.29 is 14.3 Å². The smallest absolute Gasteiger partial charge is 0.257 e. The molecule has 1 aliphatic rings. The van der Waals surface area contributed by atoms with Crippen LogP contribution in [0, 0.1) is 0 Å². The van der Waals surface area contributed by atoms with Crippen LogP contribution in [0.3, 0.4) is 0 Å². The maximum atomic E-state index is 13.0. The van der Waals surface area contributed by atoms with Gasteiger partial charge in [-0.2, -0.15) is 0 Å². The normalized spacial score (nSPS) is 14.7. The second kappa shape index (κ2) is 9.04. The molecule has 6 heteroatoms. The minimum Gasteiger partial charge on any atom is -0.488 e. The van der Waals surface area contributed by atoms with Crippen LogP contribution in [0.15, 0.2) is 53.0 Å². The zero-order valence-corrected chi connectivity index (χ0v) is 16.9. The number of amides is 2. The van der Waals surface area contributed by atoms with Crippen LogP contribution >= 0.6 is 15.9 Å². The standard InChI is InChI=1S/C21H23BrN2O3/c1-15(25)23-17-10-12-24(13-11-17)21(26)18-7-3-5-9-20(18)27-14-16-6-2-4-8-19(16)22/h2-9,17H,10-14H2,1H3,(H,23,25). The Bertz CT molecular complexity index is 817. The number of benzene rings is 2. The quantitative estimate of drug-likeness (QED) is 0.784. The predicted octanol–water partition coefficient (Wildman–Crippen LogP) is 3.77. The highest BCUT2D eigenvalue weighted by Crippen LogP contribution is 2.24. The molecule has 142 valence electrons. The molecule has 1 heterocycles. The largest absolute Gasteiger partial charge is 0.488 e. The van der Waals surface area contributed by atoms with Crippen LogP contribution in [0.2, 0.25) is 0 Å². The van der Waals surface area contributed by atoms with Gasteiger partial charge in [-0.15, -0.1) is 0 Å². The van der Waals surface area contributed by atoms with E-state index in [1.54, 1.807) is 6.07 Å². The zero-order chi connectivity index (χ0) is 19.2. The average molecular weight is 431 g/mol. The molecule has 0 atom stereocenters. The van der Waals surface area contributed by atoms with E-state index >= 15 is 0 Å². The van der Waals surface area contributed by atoms with Gasteiger partial charge in [0.05, 0.1) is 5.56 Å². The van der Waals surface area contributed by atoms with Crippen LogP contribution in [0.5, 0.6) is 5.75 Å². The molecule has 0 spiro atoms. The molecule has 5 nitrogen and oxygen atoms in total. The molecule has 1 fully saturated rings. The molecule has 2 aromatic carbocycles. The lowest BCUT2D eigenvalue weighted by Crippen LogP contribution is -2.46. The highest BCUT2D eigenvalue weighted by molar-refractivity contribution is 9.10. The summed E-state index contributed by atoms with van der Waals surface area (Å²) in [6.07, 6.45) is 1.54. The topological polar surface area (TPSA) is 58.6 Å². The van der Waals surface area contributed by atoms with Gasteiger partial charge in [0, 0.05) is 36.1 Å². The SMILES string of the molecule is CC(=O)NC1CCN(C(=O)c2ccccc2OCc2ccccc2Br)CC1. The van der Waals surface area contributed by atoms with Crippen LogP contribution in [0.25, 0.3) is 0 Å². The summed E-state index contributed by atoms with van der Waals surface area (Å²) in [6.45, 7) is 3.16. The number of rotatable bonds is 5. The van der Waals surface area contributed by atoms with Crippen molar-refractivity contribution >= 4 is 27.7 Å². The van der Waals surface area contributed by atoms with Crippen LogP contribution in [-0.2, 0) is 11.4 Å². The summed E-state index contributed by atoms with van der Waals surface area (Å²) in [5.74, 6) is 0.534. The number of hydrogen-bond donors (Lipinski definition) is 1. The Morgan fingerprint density at radius 3 is 2.48 bits per heavy atom. The number of para-hydroxylation sites is 1. The van der Waals surface area contributed by atoms with E-state index in [0.29, 0.717) is 31.0 Å². The number of ether oxygens (including phenoxy) is 1. The average Bonchev–Trinajstić information content (AvgIpc) is 2.67. The fourth-order valence-corrected chi connectivity index (χ4v) is 3.62. The lowest BCUT2D eigenvalue weighted by molar-refractivity contribution is -0.119. The van der Waals surface area contributed by atoms with Gasteiger partial charge in [0.15, 0.2) is 0 Å². The van der Waals surface area contributed by atoms with E-state index in [1.165, 1.54) is 6.92 Å². The van der Waals surface area contributed by atoms with Crippen LogP contribution in [0.1, 0.15) is 35.7 Å². The van der Waals surface area contributed by atoms with E-state index in [0.717, 1.165) is 22.9 Å². The maximum Gasteiger partial charge on any atom is 0.257 e. The third-order valence-electron chi connectivity index (χ3n) is 4.65. The number of piperidine rings is 1. The molecular formula is C21H23BrN2O3. The van der Waals surface area contributed by atoms with Gasteiger partial charge in [-0.1, -0.05) is 46.3 Å². The van der Waals surface area contributed by atoms with Crippen molar-refractivity contribution in [1.29, 1.82) is 0 Å². The highest BCUT2D eigenvalue weighted by atomic mass is 79.9. The van der Waals surface area contributed by atoms with Crippen LogP contribution in [0.4, 0.5) is 0 Å². The summed E-state index contributed by atoms with van der Waals surface area (Å²) in [5, 5.41) is 2.93. The number of carbonyl (C=O) groups excluding carboxylic acids is 2. The Kier molecular flexibility index (Phi) is 6.50. The van der Waals surface area contributed by atoms with E-state index in [4.69, 9.17) is 4.74 Å². The molecule has 0 aliphatic carbocycles. The molecule has 2 amide bonds. The van der Waals surface area contributed by atoms with Gasteiger partial charge in [0.2, 0.25) is 5.91 Å². The van der Waals surface area contributed by atoms with Crippen LogP contribution < -0.4 is 10.1 Å². The molecule has 1 N–H and O–H groups in total. The van der Waals surface area contributed by atoms with Crippen molar-refractivity contribution in [2.24, 2.45) is 0 Å². The molecule has 0 bridgehead atoms. The first-order valence-corrected chi connectivity index (χ1v) is 9.85. The predicted molar refractivity (Wildman–Crippen MR) is 108 cm³/mol. The summed E-state index contributed by atoms with van der Waals surface area (Å²) in [6, 6.07) is 15.4. The Labute approximate surface area is 167 Å². The van der Waals surface area contributed by atoms with Crippen molar-refractivity contribution in [3.05, 3.63) is 64.1 Å². The monoisotopic (exact) mass is 430 g/mol. The molecule has 0 radical (unpaired) electrons. The molecule has 2 aromatic rings. The minimum absolute atomic E-state index is 0.0226. The third kappa shape index (κ3) is 5.10. The van der Waals surface area contributed by atoms with E-state index in [-0.39, 0.29) is 17.9 Å². The van der Waals surface area contributed by atoms with Crippen molar-refractivity contribution in [3.63, 3.8) is 0 Å². The Hall–Kier alpha value is -2.34. The Morgan fingerprint density at radius 2 is 1.78 bits per heavy atom. The van der Waals surface area contributed by atoms with Crippen LogP contribution in [-0.4, -0.2) is 35.8 Å². The maximum absolute atomic E-state index is 13.0. The van der Waals surface area contributed by atoms with Gasteiger partial charge in [0.25, 0.3) is 5.91 Å². The lowest BCUT2D eigenvalue weighted by atomic mass is 10.0. The number of nitrogens with zero attached hydrogens (tertiary/aromatic N) is 1. The number of likely N-dealkylation sites (tertiary alicyclic amines) is 1. The van der Waals surface area contributed by atoms with Crippen molar-refractivity contribution in [2.45, 2.75) is 32.4 Å². The molecule has 27 heavy (non-hydrogen) atoms. The molecule has 3 rings (SSSR count). The van der Waals surface area contributed by atoms with Crippen molar-refractivity contribution in [3.8, 4) is 5.75 Å². The number of hydrogen-bond acceptors (Lipinski definition) is 3. The van der Waals surface area contributed by atoms with E-state index < -0.39 is 0 Å². The lowest BCUT2D eigenvalue weighted by Gasteiger charge is -2.32. The van der Waals surface area contributed by atoms with Gasteiger partial charge in [-0.25, -0.2) is 0 Å². The molecule has 1 saturated heterocycles. The fraction of sp³-hybridized carbons (Fsp3) is 0.333. The Morgan fingerprint density at radius 1 is 1.11 bits per heavy atom. The molecule has 0 unspecified atom stereocenters. The number of carbonyl (C=O) groups is 2. The highest BCUT2D eigenvalue weighted by Gasteiger charge is 2.25. The number of nitrogens with one attached hydrogen (secondary N) is 1. The van der Waals surface area contributed by atoms with Crippen molar-refractivity contribution in [2.75, 3.05) is 13.1 Å². The second-order valence-corrected chi connectivity index (χ2v) is 7.50. The summed E-state index contributed by atoms with van der Waals surface area (Å²) >= 11 is 3.52. The van der Waals surface area contributed by atoms with Gasteiger partial charge < -0.3 is 15.0 Å². The first-order chi connectivity index (χ1) is 13.0. The summed E-state index contributed by atoms with van der Waals surface area (Å²) in [7, 11) is 0. The molecule has 0 aromatic heterocycles. The molecular weight excluding hydrogens is 408 g/mol. The van der Waals surface area contributed by atoms with Gasteiger partial charge >= 0.3 is 0 Å². The minimum atomic E-state index is -0.0287. The van der Waals surface area contributed by atoms with E-state index in [1.807, 2.05) is 47.4 Å². The van der Waals surface area contributed by atoms with E-state index in [2.05, 4.69) is 21.2 Å². The van der Waals surface area contributed by atoms with E-state index in [9.17, 15) is 9.59 Å². The van der Waals surface area contributed by atoms with Gasteiger partial charge in [-0.3, -0.25) is 9.59 Å². The summed E-state index contributed by atoms with van der Waals surface area (Å²) in [5.41, 5.74) is 1.60. The first-order valence-electron chi connectivity index (χ1n) is 9.06. The summed E-state index contributed by atoms with van der Waals surface area (Å²) in [4.78, 5) is 26.0. The third-order valence-corrected chi connectivity index (χ3v) is 5.42. The fourth-order valence-electron chi connectivity index (χ4n) is 3.22. The van der Waals surface area contributed by atoms with Crippen molar-refractivity contribution in [1.82, 2.24) is 10.2 Å². The number of halogens is 1. The molecule has 1 aliphatic heterocycles. The van der Waals surface area contributed by atoms with Gasteiger partial charge in [-0.05, 0) is 31.0 Å². The second-order valence-electron chi connectivity index (χ2n) is 6.64. The molecule has 0 saturated carbocycles. The Balaban J connectivity index is 1.66. The first kappa shape index (κ1) is 19.4.